The molecule has 0 radical (unpaired) electrons. The third-order valence-corrected chi connectivity index (χ3v) is 6.86. The van der Waals surface area contributed by atoms with Crippen LogP contribution >= 0.6 is 0 Å². The normalized spacial score (nSPS) is 24.5. The van der Waals surface area contributed by atoms with Crippen LogP contribution in [0.1, 0.15) is 19.3 Å². The van der Waals surface area contributed by atoms with Crippen LogP contribution in [0, 0.1) is 11.6 Å². The minimum absolute atomic E-state index is 0.0371. The van der Waals surface area contributed by atoms with Crippen molar-refractivity contribution in [1.29, 1.82) is 0 Å². The molecule has 0 spiro atoms. The van der Waals surface area contributed by atoms with E-state index in [1.807, 2.05) is 9.80 Å². The van der Waals surface area contributed by atoms with Crippen LogP contribution in [-0.4, -0.2) is 71.7 Å². The second-order valence-corrected chi connectivity index (χ2v) is 8.95. The zero-order valence-electron chi connectivity index (χ0n) is 18.9. The van der Waals surface area contributed by atoms with Crippen LogP contribution in [0.5, 0.6) is 0 Å². The molecule has 0 saturated carbocycles. The fraction of sp³-hybridized carbons (Fsp3) is 0.360. The molecule has 0 aliphatic carbocycles. The molecule has 182 valence electrons. The first kappa shape index (κ1) is 23.3. The van der Waals surface area contributed by atoms with Gasteiger partial charge in [0.05, 0.1) is 36.3 Å². The Labute approximate surface area is 200 Å². The van der Waals surface area contributed by atoms with E-state index in [1.165, 1.54) is 48.5 Å². The Hall–Kier alpha value is -3.50. The van der Waals surface area contributed by atoms with Gasteiger partial charge in [-0.1, -0.05) is 0 Å². The van der Waals surface area contributed by atoms with E-state index in [4.69, 9.17) is 0 Å². The Morgan fingerprint density at radius 3 is 1.31 bits per heavy atom. The fourth-order valence-corrected chi connectivity index (χ4v) is 5.11. The number of imide groups is 2. The van der Waals surface area contributed by atoms with Gasteiger partial charge in [-0.15, -0.1) is 0 Å². The molecule has 3 aliphatic heterocycles. The van der Waals surface area contributed by atoms with Crippen LogP contribution in [0.2, 0.25) is 0 Å². The van der Waals surface area contributed by atoms with Crippen molar-refractivity contribution in [3.05, 3.63) is 60.2 Å². The summed E-state index contributed by atoms with van der Waals surface area (Å²) in [5, 5.41) is 0. The maximum Gasteiger partial charge on any atom is 0.251 e. The lowest BCUT2D eigenvalue weighted by Crippen LogP contribution is -2.46. The van der Waals surface area contributed by atoms with E-state index in [1.54, 1.807) is 0 Å². The zero-order valence-corrected chi connectivity index (χ0v) is 18.9. The molecule has 3 heterocycles. The standard InChI is InChI=1S/C25H24F2N4O4/c26-16-2-6-18(7-3-16)30-22(32)14-20(24(30)34)28-10-1-11-29(13-12-28)21-15-23(33)31(25(21)35)19-8-4-17(27)5-9-19/h2-9,20-21H,1,10-15H2/t20-,21+. The minimum atomic E-state index is -0.621. The van der Waals surface area contributed by atoms with Gasteiger partial charge < -0.3 is 0 Å². The van der Waals surface area contributed by atoms with E-state index >= 15 is 0 Å². The van der Waals surface area contributed by atoms with E-state index in [0.717, 1.165) is 9.80 Å². The highest BCUT2D eigenvalue weighted by Crippen LogP contribution is 2.29. The summed E-state index contributed by atoms with van der Waals surface area (Å²) in [6.07, 6.45) is 0.730. The van der Waals surface area contributed by atoms with Crippen molar-refractivity contribution < 1.29 is 28.0 Å². The average Bonchev–Trinajstić information content (AvgIpc) is 3.17. The lowest BCUT2D eigenvalue weighted by molar-refractivity contribution is -0.124. The minimum Gasteiger partial charge on any atom is -0.290 e. The first-order valence-electron chi connectivity index (χ1n) is 11.6. The van der Waals surface area contributed by atoms with Crippen molar-refractivity contribution in [3.8, 4) is 0 Å². The summed E-state index contributed by atoms with van der Waals surface area (Å²) in [7, 11) is 0. The summed E-state index contributed by atoms with van der Waals surface area (Å²) in [5.41, 5.74) is 0.688. The number of nitrogens with zero attached hydrogens (tertiary/aromatic N) is 4. The number of carbonyl (C=O) groups excluding carboxylic acids is 4. The molecular formula is C25H24F2N4O4. The molecule has 2 atom stereocenters. The number of carbonyl (C=O) groups is 4. The Morgan fingerprint density at radius 1 is 0.571 bits per heavy atom. The monoisotopic (exact) mass is 482 g/mol. The SMILES string of the molecule is O=C1C[C@@H](N2CCCN([C@H]3CC(=O)N(c4ccc(F)cc4)C3=O)CC2)C(=O)N1c1ccc(F)cc1. The first-order valence-corrected chi connectivity index (χ1v) is 11.6. The van der Waals surface area contributed by atoms with Crippen LogP contribution in [0.4, 0.5) is 20.2 Å². The number of rotatable bonds is 4. The van der Waals surface area contributed by atoms with Crippen molar-refractivity contribution in [2.45, 2.75) is 31.3 Å². The van der Waals surface area contributed by atoms with Gasteiger partial charge in [0.15, 0.2) is 0 Å². The summed E-state index contributed by atoms with van der Waals surface area (Å²) in [5.74, 6) is -2.25. The molecule has 3 saturated heterocycles. The van der Waals surface area contributed by atoms with E-state index in [2.05, 4.69) is 0 Å². The van der Waals surface area contributed by atoms with Crippen molar-refractivity contribution in [3.63, 3.8) is 0 Å². The van der Waals surface area contributed by atoms with Crippen molar-refractivity contribution in [1.82, 2.24) is 9.80 Å². The van der Waals surface area contributed by atoms with Crippen molar-refractivity contribution >= 4 is 35.0 Å². The number of halogens is 2. The molecule has 0 N–H and O–H groups in total. The zero-order chi connectivity index (χ0) is 24.7. The highest BCUT2D eigenvalue weighted by molar-refractivity contribution is 6.23. The van der Waals surface area contributed by atoms with Crippen LogP contribution in [0.3, 0.4) is 0 Å². The molecule has 3 fully saturated rings. The third kappa shape index (κ3) is 4.35. The molecule has 0 bridgehead atoms. The topological polar surface area (TPSA) is 81.2 Å². The van der Waals surface area contributed by atoms with E-state index in [0.29, 0.717) is 44.0 Å². The van der Waals surface area contributed by atoms with Gasteiger partial charge in [-0.2, -0.15) is 0 Å². The Kier molecular flexibility index (Phi) is 6.16. The Morgan fingerprint density at radius 2 is 0.943 bits per heavy atom. The maximum atomic E-state index is 13.3. The van der Waals surface area contributed by atoms with Gasteiger partial charge >= 0.3 is 0 Å². The van der Waals surface area contributed by atoms with Crippen molar-refractivity contribution in [2.75, 3.05) is 36.0 Å². The highest BCUT2D eigenvalue weighted by Gasteiger charge is 2.45. The fourth-order valence-electron chi connectivity index (χ4n) is 5.11. The molecule has 4 amide bonds. The molecule has 5 rings (SSSR count). The van der Waals surface area contributed by atoms with Crippen LogP contribution < -0.4 is 9.80 Å². The molecule has 2 aromatic carbocycles. The number of hydrogen-bond acceptors (Lipinski definition) is 6. The Bertz CT molecular complexity index is 1080. The van der Waals surface area contributed by atoms with Crippen LogP contribution in [0.15, 0.2) is 48.5 Å². The summed E-state index contributed by atoms with van der Waals surface area (Å²) < 4.78 is 26.5. The number of amides is 4. The van der Waals surface area contributed by atoms with E-state index in [-0.39, 0.29) is 36.5 Å². The molecular weight excluding hydrogens is 458 g/mol. The lowest BCUT2D eigenvalue weighted by Gasteiger charge is -2.27. The summed E-state index contributed by atoms with van der Waals surface area (Å²) in [6.45, 7) is 2.03. The molecule has 35 heavy (non-hydrogen) atoms. The Balaban J connectivity index is 1.26. The molecule has 8 nitrogen and oxygen atoms in total. The quantitative estimate of drug-likeness (QED) is 0.620. The third-order valence-electron chi connectivity index (χ3n) is 6.86. The largest absolute Gasteiger partial charge is 0.290 e. The summed E-state index contributed by atoms with van der Waals surface area (Å²) >= 11 is 0. The highest BCUT2D eigenvalue weighted by atomic mass is 19.1. The average molecular weight is 482 g/mol. The maximum absolute atomic E-state index is 13.3. The number of benzene rings is 2. The van der Waals surface area contributed by atoms with Gasteiger partial charge in [-0.25, -0.2) is 18.6 Å². The van der Waals surface area contributed by atoms with E-state index < -0.39 is 23.7 Å². The van der Waals surface area contributed by atoms with Crippen LogP contribution in [-0.2, 0) is 19.2 Å². The van der Waals surface area contributed by atoms with Gasteiger partial charge in [0, 0.05) is 26.2 Å². The van der Waals surface area contributed by atoms with Gasteiger partial charge in [0.2, 0.25) is 11.8 Å². The molecule has 3 aliphatic rings. The second kappa shape index (κ2) is 9.27. The smallest absolute Gasteiger partial charge is 0.251 e. The predicted octanol–water partition coefficient (Wildman–Crippen LogP) is 1.94. The van der Waals surface area contributed by atoms with Gasteiger partial charge in [0.1, 0.15) is 11.6 Å². The predicted molar refractivity (Wildman–Crippen MR) is 122 cm³/mol. The summed E-state index contributed by atoms with van der Waals surface area (Å²) in [6, 6.07) is 9.24. The molecule has 0 unspecified atom stereocenters. The van der Waals surface area contributed by atoms with Crippen molar-refractivity contribution in [2.24, 2.45) is 0 Å². The van der Waals surface area contributed by atoms with Gasteiger partial charge in [-0.05, 0) is 55.0 Å². The molecule has 10 heteroatoms. The second-order valence-electron chi connectivity index (χ2n) is 8.95. The summed E-state index contributed by atoms with van der Waals surface area (Å²) in [4.78, 5) is 57.5. The molecule has 0 aromatic heterocycles. The van der Waals surface area contributed by atoms with Gasteiger partial charge in [-0.3, -0.25) is 29.0 Å². The molecule has 2 aromatic rings. The lowest BCUT2D eigenvalue weighted by atomic mass is 10.2. The van der Waals surface area contributed by atoms with E-state index in [9.17, 15) is 28.0 Å². The number of anilines is 2. The van der Waals surface area contributed by atoms with Crippen LogP contribution in [0.25, 0.3) is 0 Å². The first-order chi connectivity index (χ1) is 16.8. The number of hydrogen-bond donors (Lipinski definition) is 0. The van der Waals surface area contributed by atoms with Gasteiger partial charge in [0.25, 0.3) is 11.8 Å².